The molecule has 0 aromatic heterocycles. The van der Waals surface area contributed by atoms with Crippen LogP contribution in [0.5, 0.6) is 5.75 Å². The molecule has 1 unspecified atom stereocenters. The van der Waals surface area contributed by atoms with E-state index in [1.165, 1.54) is 0 Å². The van der Waals surface area contributed by atoms with Crippen molar-refractivity contribution in [2.45, 2.75) is 32.9 Å². The standard InChI is InChI=1S/C25H27BrN2O3/c1-3-14-27-25(30)18(2)28(16-19-8-6-11-21(26)15-19)24(29)17-31-23-13-7-10-20-9-4-5-12-22(20)23/h4-13,15,18H,3,14,16-17H2,1-2H3,(H,27,30). The van der Waals surface area contributed by atoms with Crippen molar-refractivity contribution in [3.8, 4) is 5.75 Å². The second-order valence-electron chi connectivity index (χ2n) is 7.38. The average molecular weight is 483 g/mol. The summed E-state index contributed by atoms with van der Waals surface area (Å²) >= 11 is 3.47. The highest BCUT2D eigenvalue weighted by Gasteiger charge is 2.26. The van der Waals surface area contributed by atoms with Crippen LogP contribution in [0.1, 0.15) is 25.8 Å². The van der Waals surface area contributed by atoms with Gasteiger partial charge in [-0.1, -0.05) is 71.4 Å². The van der Waals surface area contributed by atoms with Crippen LogP contribution in [0, 0.1) is 0 Å². The minimum absolute atomic E-state index is 0.145. The highest BCUT2D eigenvalue weighted by atomic mass is 79.9. The van der Waals surface area contributed by atoms with Crippen LogP contribution in [0.25, 0.3) is 10.8 Å². The van der Waals surface area contributed by atoms with Crippen molar-refractivity contribution in [3.05, 3.63) is 76.8 Å². The Morgan fingerprint density at radius 1 is 1.06 bits per heavy atom. The number of carbonyl (C=O) groups excluding carboxylic acids is 2. The number of carbonyl (C=O) groups is 2. The van der Waals surface area contributed by atoms with Crippen LogP contribution in [0.15, 0.2) is 71.2 Å². The zero-order chi connectivity index (χ0) is 22.2. The van der Waals surface area contributed by atoms with Crippen molar-refractivity contribution in [3.63, 3.8) is 0 Å². The van der Waals surface area contributed by atoms with Gasteiger partial charge in [-0.25, -0.2) is 0 Å². The molecule has 0 radical (unpaired) electrons. The first-order valence-corrected chi connectivity index (χ1v) is 11.2. The minimum atomic E-state index is -0.617. The van der Waals surface area contributed by atoms with Gasteiger partial charge < -0.3 is 15.0 Å². The fraction of sp³-hybridized carbons (Fsp3) is 0.280. The summed E-state index contributed by atoms with van der Waals surface area (Å²) in [5.41, 5.74) is 0.933. The molecule has 1 N–H and O–H groups in total. The molecular weight excluding hydrogens is 456 g/mol. The van der Waals surface area contributed by atoms with E-state index in [-0.39, 0.29) is 18.4 Å². The van der Waals surface area contributed by atoms with Gasteiger partial charge in [0.15, 0.2) is 6.61 Å². The molecule has 3 rings (SSSR count). The smallest absolute Gasteiger partial charge is 0.261 e. The highest BCUT2D eigenvalue weighted by molar-refractivity contribution is 9.10. The van der Waals surface area contributed by atoms with E-state index in [1.54, 1.807) is 11.8 Å². The molecule has 5 nitrogen and oxygen atoms in total. The summed E-state index contributed by atoms with van der Waals surface area (Å²) in [6.45, 7) is 4.49. The second-order valence-corrected chi connectivity index (χ2v) is 8.30. The predicted octanol–water partition coefficient (Wildman–Crippen LogP) is 4.92. The lowest BCUT2D eigenvalue weighted by molar-refractivity contribution is -0.142. The Hall–Kier alpha value is -2.86. The van der Waals surface area contributed by atoms with E-state index in [9.17, 15) is 9.59 Å². The molecule has 3 aromatic rings. The van der Waals surface area contributed by atoms with E-state index in [4.69, 9.17) is 4.74 Å². The number of hydrogen-bond donors (Lipinski definition) is 1. The van der Waals surface area contributed by atoms with Gasteiger partial charge in [-0.2, -0.15) is 0 Å². The van der Waals surface area contributed by atoms with Crippen LogP contribution in [-0.4, -0.2) is 35.9 Å². The Morgan fingerprint density at radius 3 is 2.58 bits per heavy atom. The van der Waals surface area contributed by atoms with Crippen molar-refractivity contribution in [1.29, 1.82) is 0 Å². The zero-order valence-corrected chi connectivity index (χ0v) is 19.4. The Bertz CT molecular complexity index is 1050. The quantitative estimate of drug-likeness (QED) is 0.470. The normalized spacial score (nSPS) is 11.7. The van der Waals surface area contributed by atoms with E-state index in [0.29, 0.717) is 18.8 Å². The molecule has 3 aromatic carbocycles. The number of halogens is 1. The third kappa shape index (κ3) is 6.07. The summed E-state index contributed by atoms with van der Waals surface area (Å²) in [6.07, 6.45) is 0.836. The molecule has 0 fully saturated rings. The molecule has 0 spiro atoms. The Morgan fingerprint density at radius 2 is 1.81 bits per heavy atom. The molecule has 162 valence electrons. The molecule has 0 heterocycles. The molecule has 1 atom stereocenters. The average Bonchev–Trinajstić information content (AvgIpc) is 2.79. The lowest BCUT2D eigenvalue weighted by atomic mass is 10.1. The number of amides is 2. The van der Waals surface area contributed by atoms with Crippen molar-refractivity contribution >= 4 is 38.5 Å². The summed E-state index contributed by atoms with van der Waals surface area (Å²) in [7, 11) is 0. The number of benzene rings is 3. The first-order chi connectivity index (χ1) is 15.0. The van der Waals surface area contributed by atoms with Crippen molar-refractivity contribution < 1.29 is 14.3 Å². The maximum atomic E-state index is 13.2. The van der Waals surface area contributed by atoms with Gasteiger partial charge in [-0.15, -0.1) is 0 Å². The summed E-state index contributed by atoms with van der Waals surface area (Å²) in [4.78, 5) is 27.3. The SMILES string of the molecule is CCCNC(=O)C(C)N(Cc1cccc(Br)c1)C(=O)COc1cccc2ccccc12. The molecule has 31 heavy (non-hydrogen) atoms. The molecular formula is C25H27BrN2O3. The first kappa shape index (κ1) is 22.8. The third-order valence-corrected chi connectivity index (χ3v) is 5.55. The fourth-order valence-electron chi connectivity index (χ4n) is 3.35. The largest absolute Gasteiger partial charge is 0.483 e. The van der Waals surface area contributed by atoms with Gasteiger partial charge in [0.1, 0.15) is 11.8 Å². The van der Waals surface area contributed by atoms with Crippen molar-refractivity contribution in [2.75, 3.05) is 13.2 Å². The van der Waals surface area contributed by atoms with Gasteiger partial charge in [0.25, 0.3) is 5.91 Å². The molecule has 6 heteroatoms. The van der Waals surface area contributed by atoms with Crippen molar-refractivity contribution in [2.24, 2.45) is 0 Å². The monoisotopic (exact) mass is 482 g/mol. The summed E-state index contributed by atoms with van der Waals surface area (Å²) in [6, 6.07) is 20.7. The molecule has 0 aliphatic carbocycles. The van der Waals surface area contributed by atoms with Crippen LogP contribution in [0.2, 0.25) is 0 Å². The van der Waals surface area contributed by atoms with Gasteiger partial charge in [0.05, 0.1) is 0 Å². The lowest BCUT2D eigenvalue weighted by Crippen LogP contribution is -2.49. The molecule has 0 saturated heterocycles. The number of hydrogen-bond acceptors (Lipinski definition) is 3. The summed E-state index contributed by atoms with van der Waals surface area (Å²) < 4.78 is 6.83. The van der Waals surface area contributed by atoms with Crippen LogP contribution in [0.3, 0.4) is 0 Å². The van der Waals surface area contributed by atoms with Crippen molar-refractivity contribution in [1.82, 2.24) is 10.2 Å². The number of nitrogens with zero attached hydrogens (tertiary/aromatic N) is 1. The third-order valence-electron chi connectivity index (χ3n) is 5.06. The maximum absolute atomic E-state index is 13.2. The molecule has 0 saturated carbocycles. The Kier molecular flexibility index (Phi) is 8.06. The van der Waals surface area contributed by atoms with E-state index >= 15 is 0 Å². The van der Waals surface area contributed by atoms with Gasteiger partial charge in [-0.3, -0.25) is 9.59 Å². The van der Waals surface area contributed by atoms with Crippen LogP contribution in [-0.2, 0) is 16.1 Å². The fourth-order valence-corrected chi connectivity index (χ4v) is 3.80. The predicted molar refractivity (Wildman–Crippen MR) is 127 cm³/mol. The van der Waals surface area contributed by atoms with Crippen LogP contribution < -0.4 is 10.1 Å². The number of nitrogens with one attached hydrogen (secondary N) is 1. The Labute approximate surface area is 191 Å². The summed E-state index contributed by atoms with van der Waals surface area (Å²) in [5.74, 6) is 0.236. The Balaban J connectivity index is 1.78. The van der Waals surface area contributed by atoms with Crippen LogP contribution in [0.4, 0.5) is 0 Å². The molecule has 0 bridgehead atoms. The van der Waals surface area contributed by atoms with E-state index < -0.39 is 6.04 Å². The maximum Gasteiger partial charge on any atom is 0.261 e. The second kappa shape index (κ2) is 11.0. The highest BCUT2D eigenvalue weighted by Crippen LogP contribution is 2.25. The topological polar surface area (TPSA) is 58.6 Å². The van der Waals surface area contributed by atoms with Gasteiger partial charge >= 0.3 is 0 Å². The number of rotatable bonds is 9. The van der Waals surface area contributed by atoms with E-state index in [0.717, 1.165) is 27.2 Å². The van der Waals surface area contributed by atoms with Gasteiger partial charge in [0, 0.05) is 22.9 Å². The number of ether oxygens (including phenoxy) is 1. The zero-order valence-electron chi connectivity index (χ0n) is 17.8. The lowest BCUT2D eigenvalue weighted by Gasteiger charge is -2.29. The van der Waals surface area contributed by atoms with Gasteiger partial charge in [-0.05, 0) is 42.5 Å². The first-order valence-electron chi connectivity index (χ1n) is 10.4. The molecule has 0 aliphatic heterocycles. The molecule has 2 amide bonds. The minimum Gasteiger partial charge on any atom is -0.483 e. The van der Waals surface area contributed by atoms with E-state index in [1.807, 2.05) is 73.7 Å². The van der Waals surface area contributed by atoms with Crippen LogP contribution >= 0.6 is 15.9 Å². The number of fused-ring (bicyclic) bond motifs is 1. The summed E-state index contributed by atoms with van der Waals surface area (Å²) in [5, 5.41) is 4.88. The molecule has 0 aliphatic rings. The van der Waals surface area contributed by atoms with Gasteiger partial charge in [0.2, 0.25) is 5.91 Å². The van der Waals surface area contributed by atoms with E-state index in [2.05, 4.69) is 21.2 Å².